The van der Waals surface area contributed by atoms with Gasteiger partial charge < -0.3 is 15.3 Å². The van der Waals surface area contributed by atoms with Gasteiger partial charge in [0, 0.05) is 24.4 Å². The first-order chi connectivity index (χ1) is 9.69. The number of hydrogen-bond acceptors (Lipinski definition) is 4. The van der Waals surface area contributed by atoms with E-state index >= 15 is 0 Å². The van der Waals surface area contributed by atoms with Crippen LogP contribution in [-0.4, -0.2) is 48.7 Å². The molecule has 0 spiro atoms. The molecule has 0 aliphatic carbocycles. The Balaban J connectivity index is 1.91. The van der Waals surface area contributed by atoms with Crippen molar-refractivity contribution in [1.82, 2.24) is 10.2 Å². The lowest BCUT2D eigenvalue weighted by molar-refractivity contribution is 0.0913. The summed E-state index contributed by atoms with van der Waals surface area (Å²) >= 11 is 1.46. The monoisotopic (exact) mass is 292 g/mol. The van der Waals surface area contributed by atoms with Crippen molar-refractivity contribution in [3.63, 3.8) is 0 Å². The number of carbonyl (C=O) groups is 1. The lowest BCUT2D eigenvalue weighted by Crippen LogP contribution is -2.46. The Labute approximate surface area is 123 Å². The third-order valence-electron chi connectivity index (χ3n) is 3.27. The number of carbonyl (C=O) groups excluding carboxylic acids is 1. The molecular weight excluding hydrogens is 272 g/mol. The standard InChI is InChI=1S/C15H20N2O2S/c1-17-7-4-5-13(10-17)16-15(19)12-9-14(20-11-12)6-2-3-8-18/h9,11,13,18H,3-5,7-8,10H2,1H3,(H,16,19). The highest BCUT2D eigenvalue weighted by atomic mass is 32.1. The van der Waals surface area contributed by atoms with Gasteiger partial charge in [-0.05, 0) is 32.5 Å². The van der Waals surface area contributed by atoms with Crippen LogP contribution in [0.15, 0.2) is 11.4 Å². The molecule has 2 rings (SSSR count). The van der Waals surface area contributed by atoms with Gasteiger partial charge in [-0.15, -0.1) is 11.3 Å². The van der Waals surface area contributed by atoms with E-state index in [0.29, 0.717) is 12.0 Å². The number of aliphatic hydroxyl groups is 1. The number of thiophene rings is 1. The molecule has 2 N–H and O–H groups in total. The average Bonchev–Trinajstić information content (AvgIpc) is 2.88. The van der Waals surface area contributed by atoms with Crippen LogP contribution in [0.4, 0.5) is 0 Å². The van der Waals surface area contributed by atoms with Crippen LogP contribution < -0.4 is 5.32 Å². The number of hydrogen-bond donors (Lipinski definition) is 2. The second-order valence-electron chi connectivity index (χ2n) is 5.05. The quantitative estimate of drug-likeness (QED) is 0.826. The van der Waals surface area contributed by atoms with Crippen LogP contribution >= 0.6 is 11.3 Å². The lowest BCUT2D eigenvalue weighted by Gasteiger charge is -2.30. The zero-order valence-corrected chi connectivity index (χ0v) is 12.5. The SMILES string of the molecule is CN1CCCC(NC(=O)c2csc(C#CCCO)c2)C1. The van der Waals surface area contributed by atoms with Gasteiger partial charge in [0.1, 0.15) is 0 Å². The first kappa shape index (κ1) is 15.0. The van der Waals surface area contributed by atoms with E-state index in [1.54, 1.807) is 0 Å². The number of likely N-dealkylation sites (tertiary alicyclic amines) is 1. The fourth-order valence-electron chi connectivity index (χ4n) is 2.28. The van der Waals surface area contributed by atoms with Gasteiger partial charge >= 0.3 is 0 Å². The van der Waals surface area contributed by atoms with Crippen LogP contribution in [0.3, 0.4) is 0 Å². The van der Waals surface area contributed by atoms with Crippen LogP contribution in [0.5, 0.6) is 0 Å². The largest absolute Gasteiger partial charge is 0.395 e. The van der Waals surface area contributed by atoms with Crippen molar-refractivity contribution in [2.75, 3.05) is 26.7 Å². The Kier molecular flexibility index (Phi) is 5.60. The molecule has 4 nitrogen and oxygen atoms in total. The first-order valence-corrected chi connectivity index (χ1v) is 7.74. The molecule has 5 heteroatoms. The number of amides is 1. The molecule has 1 aliphatic heterocycles. The molecule has 1 atom stereocenters. The summed E-state index contributed by atoms with van der Waals surface area (Å²) in [5, 5.41) is 13.6. The van der Waals surface area contributed by atoms with Crippen molar-refractivity contribution in [3.05, 3.63) is 21.9 Å². The Morgan fingerprint density at radius 1 is 1.65 bits per heavy atom. The number of piperidine rings is 1. The van der Waals surface area contributed by atoms with Crippen LogP contribution in [-0.2, 0) is 0 Å². The van der Waals surface area contributed by atoms with Crippen molar-refractivity contribution in [2.45, 2.75) is 25.3 Å². The Hall–Kier alpha value is -1.35. The molecule has 20 heavy (non-hydrogen) atoms. The van der Waals surface area contributed by atoms with Crippen molar-refractivity contribution < 1.29 is 9.90 Å². The molecular formula is C15H20N2O2S. The number of rotatable bonds is 3. The van der Waals surface area contributed by atoms with Crippen LogP contribution in [0.1, 0.15) is 34.5 Å². The zero-order valence-electron chi connectivity index (χ0n) is 11.7. The minimum absolute atomic E-state index is 0.0169. The van der Waals surface area contributed by atoms with Gasteiger partial charge in [0.2, 0.25) is 0 Å². The summed E-state index contributed by atoms with van der Waals surface area (Å²) in [6.45, 7) is 2.09. The Morgan fingerprint density at radius 3 is 3.25 bits per heavy atom. The number of aliphatic hydroxyl groups excluding tert-OH is 1. The molecule has 0 saturated carbocycles. The summed E-state index contributed by atoms with van der Waals surface area (Å²) in [5.41, 5.74) is 0.677. The summed E-state index contributed by atoms with van der Waals surface area (Å²) in [4.78, 5) is 15.3. The molecule has 1 amide bonds. The topological polar surface area (TPSA) is 52.6 Å². The molecule has 2 heterocycles. The third kappa shape index (κ3) is 4.34. The van der Waals surface area contributed by atoms with Gasteiger partial charge in [0.25, 0.3) is 5.91 Å². The minimum Gasteiger partial charge on any atom is -0.395 e. The predicted molar refractivity (Wildman–Crippen MR) is 80.9 cm³/mol. The maximum atomic E-state index is 12.2. The molecule has 1 fully saturated rings. The molecule has 1 aromatic heterocycles. The zero-order chi connectivity index (χ0) is 14.4. The van der Waals surface area contributed by atoms with Crippen LogP contribution in [0.2, 0.25) is 0 Å². The summed E-state index contributed by atoms with van der Waals surface area (Å²) in [6, 6.07) is 2.06. The molecule has 0 radical (unpaired) electrons. The van der Waals surface area contributed by atoms with Crippen molar-refractivity contribution >= 4 is 17.2 Å². The summed E-state index contributed by atoms with van der Waals surface area (Å²) in [5.74, 6) is 5.80. The smallest absolute Gasteiger partial charge is 0.252 e. The van der Waals surface area contributed by atoms with Crippen LogP contribution in [0, 0.1) is 11.8 Å². The Bertz CT molecular complexity index is 515. The number of likely N-dealkylation sites (N-methyl/N-ethyl adjacent to an activating group) is 1. The van der Waals surface area contributed by atoms with Crippen molar-refractivity contribution in [1.29, 1.82) is 0 Å². The van der Waals surface area contributed by atoms with Gasteiger partial charge in [0.15, 0.2) is 0 Å². The van der Waals surface area contributed by atoms with E-state index in [9.17, 15) is 4.79 Å². The summed E-state index contributed by atoms with van der Waals surface area (Å²) in [7, 11) is 2.08. The highest BCUT2D eigenvalue weighted by Crippen LogP contribution is 2.15. The fourth-order valence-corrected chi connectivity index (χ4v) is 3.03. The summed E-state index contributed by atoms with van der Waals surface area (Å²) in [6.07, 6.45) is 2.64. The predicted octanol–water partition coefficient (Wildman–Crippen LogP) is 1.31. The van der Waals surface area contributed by atoms with E-state index < -0.39 is 0 Å². The molecule has 0 aromatic carbocycles. The van der Waals surface area contributed by atoms with E-state index in [4.69, 9.17) is 5.11 Å². The maximum Gasteiger partial charge on any atom is 0.252 e. The lowest BCUT2D eigenvalue weighted by atomic mass is 10.1. The second-order valence-corrected chi connectivity index (χ2v) is 5.96. The molecule has 1 aromatic rings. The van der Waals surface area contributed by atoms with Crippen molar-refractivity contribution in [3.8, 4) is 11.8 Å². The maximum absolute atomic E-state index is 12.2. The average molecular weight is 292 g/mol. The first-order valence-electron chi connectivity index (χ1n) is 6.86. The van der Waals surface area contributed by atoms with Crippen LogP contribution in [0.25, 0.3) is 0 Å². The highest BCUT2D eigenvalue weighted by molar-refractivity contribution is 7.10. The minimum atomic E-state index is -0.0169. The molecule has 1 unspecified atom stereocenters. The number of nitrogens with zero attached hydrogens (tertiary/aromatic N) is 1. The van der Waals surface area contributed by atoms with E-state index in [-0.39, 0.29) is 18.6 Å². The van der Waals surface area contributed by atoms with Gasteiger partial charge in [-0.1, -0.05) is 11.8 Å². The number of nitrogens with one attached hydrogen (secondary N) is 1. The Morgan fingerprint density at radius 2 is 2.50 bits per heavy atom. The van der Waals surface area contributed by atoms with E-state index in [0.717, 1.165) is 30.8 Å². The van der Waals surface area contributed by atoms with Gasteiger partial charge in [-0.3, -0.25) is 4.79 Å². The fraction of sp³-hybridized carbons (Fsp3) is 0.533. The van der Waals surface area contributed by atoms with E-state index in [2.05, 4.69) is 29.1 Å². The third-order valence-corrected chi connectivity index (χ3v) is 4.12. The van der Waals surface area contributed by atoms with E-state index in [1.807, 2.05) is 11.4 Å². The van der Waals surface area contributed by atoms with Crippen molar-refractivity contribution in [2.24, 2.45) is 0 Å². The molecule has 0 bridgehead atoms. The van der Waals surface area contributed by atoms with Gasteiger partial charge in [0.05, 0.1) is 17.0 Å². The van der Waals surface area contributed by atoms with Gasteiger partial charge in [-0.2, -0.15) is 0 Å². The highest BCUT2D eigenvalue weighted by Gasteiger charge is 2.19. The second kappa shape index (κ2) is 7.44. The normalized spacial score (nSPS) is 19.2. The van der Waals surface area contributed by atoms with E-state index in [1.165, 1.54) is 11.3 Å². The molecule has 108 valence electrons. The summed E-state index contributed by atoms with van der Waals surface area (Å²) < 4.78 is 0. The molecule has 1 aliphatic rings. The molecule has 1 saturated heterocycles. The van der Waals surface area contributed by atoms with Gasteiger partial charge in [-0.25, -0.2) is 0 Å².